The molecule has 0 aromatic rings. The summed E-state index contributed by atoms with van der Waals surface area (Å²) in [6, 6.07) is 0. The number of ketones is 1. The first-order valence-corrected chi connectivity index (χ1v) is 3.54. The second kappa shape index (κ2) is 3.71. The van der Waals surface area contributed by atoms with E-state index in [-0.39, 0.29) is 17.6 Å². The molecule has 0 bridgehead atoms. The van der Waals surface area contributed by atoms with Gasteiger partial charge in [0.2, 0.25) is 5.24 Å². The SMILES string of the molecule is CC(=O)[C@@H](C)[C@@H](C)C(=O)Cl. The first-order chi connectivity index (χ1) is 4.46. The summed E-state index contributed by atoms with van der Waals surface area (Å²) in [5.41, 5.74) is 0. The lowest BCUT2D eigenvalue weighted by molar-refractivity contribution is -0.126. The van der Waals surface area contributed by atoms with E-state index >= 15 is 0 Å². The highest BCUT2D eigenvalue weighted by Gasteiger charge is 2.21. The van der Waals surface area contributed by atoms with Crippen LogP contribution in [0.1, 0.15) is 20.8 Å². The van der Waals surface area contributed by atoms with Crippen LogP contribution in [0.2, 0.25) is 0 Å². The monoisotopic (exact) mass is 162 g/mol. The summed E-state index contributed by atoms with van der Waals surface area (Å²) >= 11 is 5.18. The highest BCUT2D eigenvalue weighted by molar-refractivity contribution is 6.64. The van der Waals surface area contributed by atoms with E-state index in [1.54, 1.807) is 13.8 Å². The van der Waals surface area contributed by atoms with Gasteiger partial charge in [-0.3, -0.25) is 9.59 Å². The molecule has 0 spiro atoms. The van der Waals surface area contributed by atoms with Crippen molar-refractivity contribution in [1.29, 1.82) is 0 Å². The predicted octanol–water partition coefficient (Wildman–Crippen LogP) is 1.61. The summed E-state index contributed by atoms with van der Waals surface area (Å²) in [6.45, 7) is 4.82. The van der Waals surface area contributed by atoms with Crippen LogP contribution < -0.4 is 0 Å². The summed E-state index contributed by atoms with van der Waals surface area (Å²) in [4.78, 5) is 21.2. The van der Waals surface area contributed by atoms with E-state index in [2.05, 4.69) is 0 Å². The van der Waals surface area contributed by atoms with E-state index < -0.39 is 5.24 Å². The smallest absolute Gasteiger partial charge is 0.225 e. The molecule has 0 saturated carbocycles. The average Bonchev–Trinajstić information content (AvgIpc) is 1.84. The minimum atomic E-state index is -0.442. The van der Waals surface area contributed by atoms with Gasteiger partial charge in [-0.15, -0.1) is 0 Å². The van der Waals surface area contributed by atoms with Crippen LogP contribution >= 0.6 is 11.6 Å². The van der Waals surface area contributed by atoms with Crippen molar-refractivity contribution in [2.24, 2.45) is 11.8 Å². The van der Waals surface area contributed by atoms with Crippen molar-refractivity contribution in [1.82, 2.24) is 0 Å². The van der Waals surface area contributed by atoms with Crippen LogP contribution in [0.4, 0.5) is 0 Å². The van der Waals surface area contributed by atoms with Crippen LogP contribution in [0, 0.1) is 11.8 Å². The Hall–Kier alpha value is -0.370. The van der Waals surface area contributed by atoms with Crippen molar-refractivity contribution >= 4 is 22.6 Å². The maximum atomic E-state index is 10.7. The summed E-state index contributed by atoms with van der Waals surface area (Å²) < 4.78 is 0. The lowest BCUT2D eigenvalue weighted by Gasteiger charge is -2.11. The van der Waals surface area contributed by atoms with Crippen molar-refractivity contribution in [3.8, 4) is 0 Å². The molecule has 0 aliphatic heterocycles. The molecule has 3 heteroatoms. The number of carbonyl (C=O) groups excluding carboxylic acids is 2. The Balaban J connectivity index is 4.07. The molecule has 10 heavy (non-hydrogen) atoms. The summed E-state index contributed by atoms with van der Waals surface area (Å²) in [6.07, 6.45) is 0. The summed E-state index contributed by atoms with van der Waals surface area (Å²) in [5, 5.41) is -0.442. The molecule has 0 N–H and O–H groups in total. The Morgan fingerprint density at radius 1 is 1.20 bits per heavy atom. The Kier molecular flexibility index (Phi) is 3.58. The van der Waals surface area contributed by atoms with E-state index in [1.165, 1.54) is 6.92 Å². The molecule has 2 nitrogen and oxygen atoms in total. The molecule has 0 aromatic heterocycles. The average molecular weight is 163 g/mol. The van der Waals surface area contributed by atoms with Crippen molar-refractivity contribution in [2.75, 3.05) is 0 Å². The van der Waals surface area contributed by atoms with Gasteiger partial charge < -0.3 is 0 Å². The normalized spacial score (nSPS) is 16.0. The van der Waals surface area contributed by atoms with Crippen LogP contribution in [0.3, 0.4) is 0 Å². The van der Waals surface area contributed by atoms with Crippen molar-refractivity contribution < 1.29 is 9.59 Å². The van der Waals surface area contributed by atoms with Gasteiger partial charge >= 0.3 is 0 Å². The van der Waals surface area contributed by atoms with Gasteiger partial charge in [0.1, 0.15) is 5.78 Å². The Morgan fingerprint density at radius 2 is 1.60 bits per heavy atom. The van der Waals surface area contributed by atoms with Crippen molar-refractivity contribution in [2.45, 2.75) is 20.8 Å². The van der Waals surface area contributed by atoms with Crippen molar-refractivity contribution in [3.63, 3.8) is 0 Å². The Labute approximate surface area is 65.6 Å². The minimum Gasteiger partial charge on any atom is -0.300 e. The van der Waals surface area contributed by atoms with Gasteiger partial charge in [-0.05, 0) is 18.5 Å². The first kappa shape index (κ1) is 9.63. The van der Waals surface area contributed by atoms with Gasteiger partial charge in [-0.25, -0.2) is 0 Å². The van der Waals surface area contributed by atoms with Crippen LogP contribution in [0.15, 0.2) is 0 Å². The van der Waals surface area contributed by atoms with Crippen LogP contribution in [0.5, 0.6) is 0 Å². The van der Waals surface area contributed by atoms with Crippen LogP contribution in [0.25, 0.3) is 0 Å². The maximum absolute atomic E-state index is 10.7. The first-order valence-electron chi connectivity index (χ1n) is 3.16. The molecule has 58 valence electrons. The molecular formula is C7H11ClO2. The fraction of sp³-hybridized carbons (Fsp3) is 0.714. The van der Waals surface area contributed by atoms with E-state index in [1.807, 2.05) is 0 Å². The summed E-state index contributed by atoms with van der Waals surface area (Å²) in [7, 11) is 0. The zero-order valence-corrected chi connectivity index (χ0v) is 7.11. The Morgan fingerprint density at radius 3 is 1.70 bits per heavy atom. The molecule has 0 saturated heterocycles. The Bertz CT molecular complexity index is 136. The van der Waals surface area contributed by atoms with E-state index in [0.717, 1.165) is 0 Å². The largest absolute Gasteiger partial charge is 0.300 e. The van der Waals surface area contributed by atoms with Gasteiger partial charge in [-0.1, -0.05) is 13.8 Å². The molecule has 0 amide bonds. The molecule has 0 heterocycles. The number of hydrogen-bond acceptors (Lipinski definition) is 2. The molecule has 0 aliphatic rings. The fourth-order valence-electron chi connectivity index (χ4n) is 0.549. The third-order valence-electron chi connectivity index (χ3n) is 1.75. The molecule has 0 rings (SSSR count). The van der Waals surface area contributed by atoms with Crippen LogP contribution in [-0.4, -0.2) is 11.0 Å². The third kappa shape index (κ3) is 2.48. The zero-order valence-electron chi connectivity index (χ0n) is 6.35. The molecule has 2 atom stereocenters. The van der Waals surface area contributed by atoms with E-state index in [9.17, 15) is 9.59 Å². The highest BCUT2D eigenvalue weighted by Crippen LogP contribution is 2.14. The van der Waals surface area contributed by atoms with Crippen LogP contribution in [-0.2, 0) is 9.59 Å². The molecule has 0 aromatic carbocycles. The fourth-order valence-corrected chi connectivity index (χ4v) is 0.738. The summed E-state index contributed by atoms with van der Waals surface area (Å²) in [5.74, 6) is -0.620. The molecule has 0 fully saturated rings. The lowest BCUT2D eigenvalue weighted by atomic mass is 9.94. The molecule has 0 aliphatic carbocycles. The van der Waals surface area contributed by atoms with Gasteiger partial charge in [0.15, 0.2) is 0 Å². The van der Waals surface area contributed by atoms with Gasteiger partial charge in [0.05, 0.1) is 0 Å². The molecule has 0 radical (unpaired) electrons. The number of Topliss-reactive ketones (excluding diaryl/α,β-unsaturated/α-hetero) is 1. The number of hydrogen-bond donors (Lipinski definition) is 0. The quantitative estimate of drug-likeness (QED) is 0.591. The second-order valence-electron chi connectivity index (χ2n) is 2.49. The van der Waals surface area contributed by atoms with E-state index in [0.29, 0.717) is 0 Å². The second-order valence-corrected chi connectivity index (χ2v) is 2.86. The van der Waals surface area contributed by atoms with Crippen molar-refractivity contribution in [3.05, 3.63) is 0 Å². The highest BCUT2D eigenvalue weighted by atomic mass is 35.5. The number of rotatable bonds is 3. The number of halogens is 1. The standard InChI is InChI=1S/C7H11ClO2/c1-4(6(3)9)5(2)7(8)10/h4-5H,1-3H3/t4-,5+/m0/s1. The molecular weight excluding hydrogens is 152 g/mol. The number of carbonyl (C=O) groups is 2. The molecule has 0 unspecified atom stereocenters. The van der Waals surface area contributed by atoms with Gasteiger partial charge in [-0.2, -0.15) is 0 Å². The predicted molar refractivity (Wildman–Crippen MR) is 39.9 cm³/mol. The topological polar surface area (TPSA) is 34.1 Å². The minimum absolute atomic E-state index is 0.00139. The maximum Gasteiger partial charge on any atom is 0.225 e. The van der Waals surface area contributed by atoms with Gasteiger partial charge in [0, 0.05) is 11.8 Å². The zero-order chi connectivity index (χ0) is 8.31. The van der Waals surface area contributed by atoms with Gasteiger partial charge in [0.25, 0.3) is 0 Å². The van der Waals surface area contributed by atoms with E-state index in [4.69, 9.17) is 11.6 Å². The third-order valence-corrected chi connectivity index (χ3v) is 2.09. The lowest BCUT2D eigenvalue weighted by Crippen LogP contribution is -2.20.